The molecule has 0 bridgehead atoms. The predicted octanol–water partition coefficient (Wildman–Crippen LogP) is 2.70. The average Bonchev–Trinajstić information content (AvgIpc) is 2.86. The maximum absolute atomic E-state index is 13.3. The van der Waals surface area contributed by atoms with Crippen LogP contribution in [0.5, 0.6) is 0 Å². The third kappa shape index (κ3) is 12.9. The number of amides is 6. The number of carbonyl (C=O) groups is 5. The summed E-state index contributed by atoms with van der Waals surface area (Å²) in [5.74, 6) is -1.28. The van der Waals surface area contributed by atoms with Gasteiger partial charge in [-0.25, -0.2) is 14.4 Å². The minimum atomic E-state index is -1.03. The van der Waals surface area contributed by atoms with Gasteiger partial charge in [-0.3, -0.25) is 9.59 Å². The molecule has 13 nitrogen and oxygen atoms in total. The molecule has 7 N–H and O–H groups in total. The quantitative estimate of drug-likeness (QED) is 0.152. The first kappa shape index (κ1) is 34.3. The van der Waals surface area contributed by atoms with Crippen LogP contribution in [-0.2, 0) is 31.5 Å². The van der Waals surface area contributed by atoms with E-state index in [1.54, 1.807) is 52.8 Å². The molecule has 0 radical (unpaired) electrons. The number of hydrogen-bond acceptors (Lipinski definition) is 7. The number of alkyl carbamates (subject to hydrolysis) is 2. The first-order valence-corrected chi connectivity index (χ1v) is 13.4. The molecule has 0 aliphatic carbocycles. The first-order chi connectivity index (χ1) is 18.7. The zero-order chi connectivity index (χ0) is 30.5. The van der Waals surface area contributed by atoms with Crippen LogP contribution in [0.3, 0.4) is 0 Å². The molecule has 1 aromatic carbocycles. The third-order valence-electron chi connectivity index (χ3n) is 5.40. The van der Waals surface area contributed by atoms with Crippen LogP contribution in [0.1, 0.15) is 58.6 Å². The van der Waals surface area contributed by atoms with Crippen LogP contribution in [0.2, 0.25) is 0 Å². The van der Waals surface area contributed by atoms with Gasteiger partial charge >= 0.3 is 18.2 Å². The lowest BCUT2D eigenvalue weighted by atomic mass is 10.0. The number of anilines is 1. The number of alkyl halides is 1. The fourth-order valence-corrected chi connectivity index (χ4v) is 3.69. The van der Waals surface area contributed by atoms with Gasteiger partial charge in [0.05, 0.1) is 0 Å². The molecule has 0 aliphatic rings. The number of halogens is 1. The standard InChI is InChI=1S/C26H41ClN6O7/c1-15(2)20(33-25(38)40-26(3,4)5)22(35)32-19(8-7-11-30-23(28)36)21(34)31-18-10-9-16(13-27)17(12-18)14-39-24(37)29-6/h9-10,12,15,19-20H,7-8,11,13-14H2,1-6H3,(H,29,37)(H,31,34)(H,32,35)(H,33,38)(H3,28,30,36)/t19-,20-/m0/s1. The van der Waals surface area contributed by atoms with Gasteiger partial charge in [-0.2, -0.15) is 0 Å². The Morgan fingerprint density at radius 3 is 2.23 bits per heavy atom. The molecule has 0 spiro atoms. The Labute approximate surface area is 239 Å². The van der Waals surface area contributed by atoms with Gasteiger partial charge in [-0.15, -0.1) is 11.6 Å². The highest BCUT2D eigenvalue weighted by molar-refractivity contribution is 6.17. The fraction of sp³-hybridized carbons (Fsp3) is 0.577. The summed E-state index contributed by atoms with van der Waals surface area (Å²) in [7, 11) is 1.43. The van der Waals surface area contributed by atoms with Gasteiger partial charge in [0.1, 0.15) is 24.3 Å². The van der Waals surface area contributed by atoms with Gasteiger partial charge in [-0.1, -0.05) is 19.9 Å². The van der Waals surface area contributed by atoms with Crippen LogP contribution >= 0.6 is 11.6 Å². The van der Waals surface area contributed by atoms with E-state index in [2.05, 4.69) is 26.6 Å². The number of ether oxygens (including phenoxy) is 2. The second-order valence-electron chi connectivity index (χ2n) is 10.3. The lowest BCUT2D eigenvalue weighted by Crippen LogP contribution is -2.55. The fourth-order valence-electron chi connectivity index (χ4n) is 3.43. The summed E-state index contributed by atoms with van der Waals surface area (Å²) in [4.78, 5) is 61.3. The van der Waals surface area contributed by atoms with E-state index in [9.17, 15) is 24.0 Å². The molecule has 0 fully saturated rings. The summed E-state index contributed by atoms with van der Waals surface area (Å²) in [6.45, 7) is 8.71. The Morgan fingerprint density at radius 1 is 1.00 bits per heavy atom. The third-order valence-corrected chi connectivity index (χ3v) is 5.69. The largest absolute Gasteiger partial charge is 0.445 e. The smallest absolute Gasteiger partial charge is 0.408 e. The number of primary amides is 1. The molecule has 0 saturated heterocycles. The van der Waals surface area contributed by atoms with Crippen molar-refractivity contribution in [1.82, 2.24) is 21.3 Å². The van der Waals surface area contributed by atoms with Crippen molar-refractivity contribution in [3.8, 4) is 0 Å². The molecular formula is C26H41ClN6O7. The second kappa shape index (κ2) is 16.4. The number of benzene rings is 1. The highest BCUT2D eigenvalue weighted by atomic mass is 35.5. The maximum Gasteiger partial charge on any atom is 0.408 e. The Morgan fingerprint density at radius 2 is 1.68 bits per heavy atom. The molecule has 0 saturated carbocycles. The van der Waals surface area contributed by atoms with Crippen molar-refractivity contribution in [3.05, 3.63) is 29.3 Å². The molecule has 224 valence electrons. The lowest BCUT2D eigenvalue weighted by molar-refractivity contribution is -0.128. The molecule has 0 aliphatic heterocycles. The van der Waals surface area contributed by atoms with Gasteiger partial charge in [0.25, 0.3) is 0 Å². The second-order valence-corrected chi connectivity index (χ2v) is 10.6. The molecule has 0 heterocycles. The predicted molar refractivity (Wildman–Crippen MR) is 151 cm³/mol. The number of hydrogen-bond donors (Lipinski definition) is 6. The molecular weight excluding hydrogens is 544 g/mol. The Bertz CT molecular complexity index is 1040. The van der Waals surface area contributed by atoms with Crippen LogP contribution in [0.25, 0.3) is 0 Å². The Hall–Kier alpha value is -3.74. The van der Waals surface area contributed by atoms with Gasteiger partial charge in [0.15, 0.2) is 0 Å². The van der Waals surface area contributed by atoms with E-state index in [0.717, 1.165) is 0 Å². The molecule has 1 rings (SSSR count). The monoisotopic (exact) mass is 584 g/mol. The molecule has 0 unspecified atom stereocenters. The van der Waals surface area contributed by atoms with Crippen molar-refractivity contribution in [2.24, 2.45) is 11.7 Å². The number of nitrogens with one attached hydrogen (secondary N) is 5. The van der Waals surface area contributed by atoms with Crippen LogP contribution in [0, 0.1) is 5.92 Å². The zero-order valence-corrected chi connectivity index (χ0v) is 24.6. The van der Waals surface area contributed by atoms with E-state index in [0.29, 0.717) is 23.2 Å². The van der Waals surface area contributed by atoms with E-state index in [1.165, 1.54) is 7.05 Å². The van der Waals surface area contributed by atoms with E-state index < -0.39 is 47.7 Å². The summed E-state index contributed by atoms with van der Waals surface area (Å²) < 4.78 is 10.4. The summed E-state index contributed by atoms with van der Waals surface area (Å²) in [6, 6.07) is 2.22. The van der Waals surface area contributed by atoms with Crippen LogP contribution in [0.15, 0.2) is 18.2 Å². The number of nitrogens with two attached hydrogens (primary N) is 1. The highest BCUT2D eigenvalue weighted by Crippen LogP contribution is 2.20. The van der Waals surface area contributed by atoms with Crippen molar-refractivity contribution in [2.75, 3.05) is 18.9 Å². The molecule has 14 heteroatoms. The molecule has 6 amide bonds. The summed E-state index contributed by atoms with van der Waals surface area (Å²) >= 11 is 6.00. The summed E-state index contributed by atoms with van der Waals surface area (Å²) in [5.41, 5.74) is 6.03. The van der Waals surface area contributed by atoms with Crippen molar-refractivity contribution >= 4 is 47.3 Å². The van der Waals surface area contributed by atoms with Crippen molar-refractivity contribution in [3.63, 3.8) is 0 Å². The SMILES string of the molecule is CNC(=O)OCc1cc(NC(=O)[C@H](CCCNC(N)=O)NC(=O)[C@@H](NC(=O)OC(C)(C)C)C(C)C)ccc1CCl. The van der Waals surface area contributed by atoms with Crippen molar-refractivity contribution < 1.29 is 33.4 Å². The van der Waals surface area contributed by atoms with Gasteiger partial charge in [0, 0.05) is 25.2 Å². The Balaban J connectivity index is 3.09. The first-order valence-electron chi connectivity index (χ1n) is 12.8. The van der Waals surface area contributed by atoms with Crippen molar-refractivity contribution in [2.45, 2.75) is 77.6 Å². The van der Waals surface area contributed by atoms with E-state index in [4.69, 9.17) is 26.8 Å². The number of carbonyl (C=O) groups excluding carboxylic acids is 5. The lowest BCUT2D eigenvalue weighted by Gasteiger charge is -2.27. The van der Waals surface area contributed by atoms with Gasteiger partial charge in [-0.05, 0) is 62.8 Å². The minimum absolute atomic E-state index is 0.0726. The van der Waals surface area contributed by atoms with E-state index >= 15 is 0 Å². The highest BCUT2D eigenvalue weighted by Gasteiger charge is 2.30. The van der Waals surface area contributed by atoms with Crippen molar-refractivity contribution in [1.29, 1.82) is 0 Å². The number of urea groups is 1. The Kier molecular flexibility index (Phi) is 14.0. The van der Waals surface area contributed by atoms with Crippen LogP contribution in [-0.4, -0.2) is 61.3 Å². The molecule has 1 aromatic rings. The van der Waals surface area contributed by atoms with Gasteiger partial charge < -0.3 is 41.8 Å². The van der Waals surface area contributed by atoms with Crippen LogP contribution < -0.4 is 32.3 Å². The van der Waals surface area contributed by atoms with E-state index in [1.807, 2.05) is 0 Å². The molecule has 2 atom stereocenters. The van der Waals surface area contributed by atoms with Crippen LogP contribution in [0.4, 0.5) is 20.1 Å². The summed E-state index contributed by atoms with van der Waals surface area (Å²) in [5, 5.41) is 12.8. The summed E-state index contributed by atoms with van der Waals surface area (Å²) in [6.07, 6.45) is -0.911. The number of rotatable bonds is 13. The maximum atomic E-state index is 13.3. The molecule has 40 heavy (non-hydrogen) atoms. The average molecular weight is 585 g/mol. The topological polar surface area (TPSA) is 190 Å². The van der Waals surface area contributed by atoms with E-state index in [-0.39, 0.29) is 31.4 Å². The minimum Gasteiger partial charge on any atom is -0.445 e. The van der Waals surface area contributed by atoms with Gasteiger partial charge in [0.2, 0.25) is 11.8 Å². The molecule has 0 aromatic heterocycles. The normalized spacial score (nSPS) is 12.5. The zero-order valence-electron chi connectivity index (χ0n) is 23.8.